The normalized spacial score (nSPS) is 20.2. The van der Waals surface area contributed by atoms with Gasteiger partial charge in [0.25, 0.3) is 0 Å². The molecule has 104 valence electrons. The first-order valence-electron chi connectivity index (χ1n) is 7.09. The van der Waals surface area contributed by atoms with Crippen LogP contribution in [0.4, 0.5) is 0 Å². The van der Waals surface area contributed by atoms with Gasteiger partial charge in [-0.1, -0.05) is 54.9 Å². The van der Waals surface area contributed by atoms with Crippen LogP contribution in [0.1, 0.15) is 26.0 Å². The molecule has 3 nitrogen and oxygen atoms in total. The summed E-state index contributed by atoms with van der Waals surface area (Å²) >= 11 is 0. The fraction of sp³-hybridized carbons (Fsp3) is 0.353. The first-order chi connectivity index (χ1) is 9.65. The molecule has 0 aliphatic carbocycles. The summed E-state index contributed by atoms with van der Waals surface area (Å²) in [7, 11) is 0. The summed E-state index contributed by atoms with van der Waals surface area (Å²) in [5.41, 5.74) is 3.59. The van der Waals surface area contributed by atoms with Gasteiger partial charge < -0.3 is 9.84 Å². The van der Waals surface area contributed by atoms with Crippen LogP contribution in [0.3, 0.4) is 0 Å². The van der Waals surface area contributed by atoms with Gasteiger partial charge in [-0.2, -0.15) is 0 Å². The molecule has 1 aliphatic rings. The van der Waals surface area contributed by atoms with Crippen molar-refractivity contribution in [2.24, 2.45) is 5.41 Å². The number of hydrogen-bond donors (Lipinski definition) is 1. The number of piperidine rings is 1. The molecule has 2 heterocycles. The monoisotopic (exact) mass is 268 g/mol. The Labute approximate surface area is 119 Å². The molecule has 0 amide bonds. The summed E-state index contributed by atoms with van der Waals surface area (Å²) in [5.74, 6) is 0.823. The lowest BCUT2D eigenvalue weighted by Crippen LogP contribution is -2.37. The predicted octanol–water partition coefficient (Wildman–Crippen LogP) is 3.74. The van der Waals surface area contributed by atoms with Crippen LogP contribution in [0.15, 0.2) is 46.5 Å². The van der Waals surface area contributed by atoms with Crippen LogP contribution in [-0.2, 0) is 0 Å². The molecule has 0 bridgehead atoms. The maximum atomic E-state index is 5.45. The molecular weight excluding hydrogens is 248 g/mol. The molecule has 0 radical (unpaired) electrons. The summed E-state index contributed by atoms with van der Waals surface area (Å²) < 4.78 is 5.45. The first-order valence-corrected chi connectivity index (χ1v) is 7.09. The second-order valence-corrected chi connectivity index (χ2v) is 5.96. The van der Waals surface area contributed by atoms with Gasteiger partial charge in [-0.15, -0.1) is 0 Å². The number of rotatable bonds is 2. The van der Waals surface area contributed by atoms with E-state index < -0.39 is 0 Å². The average Bonchev–Trinajstić information content (AvgIpc) is 2.91. The Kier molecular flexibility index (Phi) is 3.45. The molecule has 1 aromatic heterocycles. The zero-order valence-corrected chi connectivity index (χ0v) is 12.0. The Balaban J connectivity index is 1.87. The predicted molar refractivity (Wildman–Crippen MR) is 81.2 cm³/mol. The Morgan fingerprint density at radius 2 is 2.05 bits per heavy atom. The summed E-state index contributed by atoms with van der Waals surface area (Å²) in [6, 6.07) is 12.1. The Hall–Kier alpha value is -1.87. The fourth-order valence-corrected chi connectivity index (χ4v) is 2.62. The number of nitrogens with zero attached hydrogens (tertiary/aromatic N) is 1. The molecule has 3 rings (SSSR count). The topological polar surface area (TPSA) is 38.1 Å². The summed E-state index contributed by atoms with van der Waals surface area (Å²) in [5, 5.41) is 7.62. The molecule has 1 N–H and O–H groups in total. The van der Waals surface area contributed by atoms with Crippen LogP contribution >= 0.6 is 0 Å². The third-order valence-electron chi connectivity index (χ3n) is 3.92. The first kappa shape index (κ1) is 13.1. The van der Waals surface area contributed by atoms with Crippen LogP contribution in [-0.4, -0.2) is 18.2 Å². The van der Waals surface area contributed by atoms with Crippen molar-refractivity contribution in [3.8, 4) is 11.3 Å². The Morgan fingerprint density at radius 1 is 1.25 bits per heavy atom. The quantitative estimate of drug-likeness (QED) is 0.901. The van der Waals surface area contributed by atoms with Gasteiger partial charge in [0.15, 0.2) is 5.76 Å². The molecule has 0 unspecified atom stereocenters. The van der Waals surface area contributed by atoms with Crippen LogP contribution in [0.25, 0.3) is 17.4 Å². The van der Waals surface area contributed by atoms with Crippen molar-refractivity contribution in [3.05, 3.63) is 47.7 Å². The van der Waals surface area contributed by atoms with Gasteiger partial charge in [0.05, 0.1) is 0 Å². The smallest absolute Gasteiger partial charge is 0.167 e. The van der Waals surface area contributed by atoms with Crippen molar-refractivity contribution in [2.45, 2.75) is 20.3 Å². The number of aromatic nitrogens is 1. The van der Waals surface area contributed by atoms with Gasteiger partial charge in [-0.05, 0) is 24.5 Å². The molecule has 2 aromatic rings. The summed E-state index contributed by atoms with van der Waals surface area (Å²) in [6.45, 7) is 6.59. The molecule has 0 atom stereocenters. The molecule has 3 heteroatoms. The molecule has 20 heavy (non-hydrogen) atoms. The second kappa shape index (κ2) is 5.25. The van der Waals surface area contributed by atoms with Crippen molar-refractivity contribution < 1.29 is 4.52 Å². The van der Waals surface area contributed by atoms with E-state index >= 15 is 0 Å². The van der Waals surface area contributed by atoms with E-state index in [9.17, 15) is 0 Å². The molecule has 0 saturated carbocycles. The highest BCUT2D eigenvalue weighted by molar-refractivity contribution is 5.61. The van der Waals surface area contributed by atoms with E-state index in [4.69, 9.17) is 4.52 Å². The van der Waals surface area contributed by atoms with Gasteiger partial charge in [0.2, 0.25) is 0 Å². The van der Waals surface area contributed by atoms with E-state index in [0.29, 0.717) is 0 Å². The minimum atomic E-state index is 0.185. The van der Waals surface area contributed by atoms with Crippen molar-refractivity contribution in [1.29, 1.82) is 0 Å². The van der Waals surface area contributed by atoms with Gasteiger partial charge in [-0.25, -0.2) is 0 Å². The van der Waals surface area contributed by atoms with Crippen molar-refractivity contribution in [1.82, 2.24) is 10.5 Å². The minimum Gasteiger partial charge on any atom is -0.356 e. The number of benzene rings is 1. The van der Waals surface area contributed by atoms with Crippen molar-refractivity contribution in [3.63, 3.8) is 0 Å². The summed E-state index contributed by atoms with van der Waals surface area (Å²) in [6.07, 6.45) is 3.25. The van der Waals surface area contributed by atoms with Gasteiger partial charge in [-0.3, -0.25) is 0 Å². The number of hydrogen-bond acceptors (Lipinski definition) is 3. The molecule has 1 saturated heterocycles. The zero-order valence-electron chi connectivity index (χ0n) is 12.0. The van der Waals surface area contributed by atoms with Crippen molar-refractivity contribution in [2.75, 3.05) is 13.1 Å². The lowest BCUT2D eigenvalue weighted by Gasteiger charge is -2.33. The molecule has 1 fully saturated rings. The third kappa shape index (κ3) is 2.68. The van der Waals surface area contributed by atoms with Gasteiger partial charge in [0.1, 0.15) is 5.69 Å². The fourth-order valence-electron chi connectivity index (χ4n) is 2.62. The molecule has 1 aliphatic heterocycles. The van der Waals surface area contributed by atoms with Gasteiger partial charge >= 0.3 is 0 Å². The van der Waals surface area contributed by atoms with E-state index in [1.54, 1.807) is 0 Å². The van der Waals surface area contributed by atoms with Gasteiger partial charge in [0, 0.05) is 18.2 Å². The Bertz CT molecular complexity index is 611. The molecular formula is C17H20N2O. The van der Waals surface area contributed by atoms with Crippen LogP contribution in [0, 0.1) is 5.41 Å². The van der Waals surface area contributed by atoms with E-state index in [0.717, 1.165) is 36.5 Å². The lowest BCUT2D eigenvalue weighted by molar-refractivity contribution is 0.360. The second-order valence-electron chi connectivity index (χ2n) is 5.96. The highest BCUT2D eigenvalue weighted by atomic mass is 16.5. The van der Waals surface area contributed by atoms with Crippen LogP contribution < -0.4 is 5.32 Å². The summed E-state index contributed by atoms with van der Waals surface area (Å²) in [4.78, 5) is 0. The van der Waals surface area contributed by atoms with E-state index in [1.165, 1.54) is 5.57 Å². The molecule has 1 aromatic carbocycles. The zero-order chi connectivity index (χ0) is 14.0. The van der Waals surface area contributed by atoms with E-state index in [2.05, 4.69) is 30.4 Å². The van der Waals surface area contributed by atoms with Crippen LogP contribution in [0.5, 0.6) is 0 Å². The SMILES string of the molecule is CC1(C)CNCC/C1=C\c1cc(-c2ccccc2)on1. The van der Waals surface area contributed by atoms with Crippen molar-refractivity contribution >= 4 is 6.08 Å². The number of nitrogens with one attached hydrogen (secondary N) is 1. The standard InChI is InChI=1S/C17H20N2O/c1-17(2)12-18-9-8-14(17)10-15-11-16(20-19-15)13-6-4-3-5-7-13/h3-7,10-11,18H,8-9,12H2,1-2H3/b14-10+. The third-order valence-corrected chi connectivity index (χ3v) is 3.92. The minimum absolute atomic E-state index is 0.185. The van der Waals surface area contributed by atoms with E-state index in [-0.39, 0.29) is 5.41 Å². The van der Waals surface area contributed by atoms with E-state index in [1.807, 2.05) is 36.4 Å². The highest BCUT2D eigenvalue weighted by Gasteiger charge is 2.26. The highest BCUT2D eigenvalue weighted by Crippen LogP contribution is 2.32. The van der Waals surface area contributed by atoms with Crippen LogP contribution in [0.2, 0.25) is 0 Å². The average molecular weight is 268 g/mol. The maximum absolute atomic E-state index is 5.45. The maximum Gasteiger partial charge on any atom is 0.167 e. The molecule has 0 spiro atoms. The Morgan fingerprint density at radius 3 is 2.80 bits per heavy atom. The largest absolute Gasteiger partial charge is 0.356 e. The lowest BCUT2D eigenvalue weighted by atomic mass is 9.79.